The van der Waals surface area contributed by atoms with E-state index in [1.807, 2.05) is 24.3 Å². The monoisotopic (exact) mass is 684 g/mol. The van der Waals surface area contributed by atoms with Crippen molar-refractivity contribution in [3.05, 3.63) is 137 Å². The maximum absolute atomic E-state index is 7.36. The van der Waals surface area contributed by atoms with Crippen LogP contribution >= 0.6 is 46.4 Å². The van der Waals surface area contributed by atoms with Crippen LogP contribution in [0.25, 0.3) is 0 Å². The molecule has 6 heteroatoms. The van der Waals surface area contributed by atoms with Crippen LogP contribution in [0.2, 0.25) is 59.4 Å². The van der Waals surface area contributed by atoms with E-state index in [1.165, 1.54) is 0 Å². The van der Waals surface area contributed by atoms with Crippen LogP contribution in [0.15, 0.2) is 72.8 Å². The molecule has 10 rings (SSSR count). The summed E-state index contributed by atoms with van der Waals surface area (Å²) in [5.74, 6) is 7.31. The molecule has 4 bridgehead atoms. The third-order valence-electron chi connectivity index (χ3n) is 9.20. The van der Waals surface area contributed by atoms with E-state index in [9.17, 15) is 0 Å². The third-order valence-corrected chi connectivity index (χ3v) is 12.3. The Kier molecular flexibility index (Phi) is 6.91. The highest BCUT2D eigenvalue weighted by atomic mass is 35.5. The molecule has 0 atom stereocenters. The number of halogens is 4. The zero-order valence-corrected chi connectivity index (χ0v) is 30.6. The van der Waals surface area contributed by atoms with Crippen LogP contribution in [0.4, 0.5) is 0 Å². The minimum atomic E-state index is -1.89. The minimum absolute atomic E-state index is 0.323. The lowest BCUT2D eigenvalue weighted by molar-refractivity contribution is 0.428. The zero-order chi connectivity index (χ0) is 31.4. The summed E-state index contributed by atoms with van der Waals surface area (Å²) in [7, 11) is -3.77. The van der Waals surface area contributed by atoms with Crippen LogP contribution in [0.5, 0.6) is 0 Å². The van der Waals surface area contributed by atoms with E-state index in [0.29, 0.717) is 20.1 Å². The van der Waals surface area contributed by atoms with Crippen molar-refractivity contribution in [2.45, 2.75) is 61.9 Å². The van der Waals surface area contributed by atoms with Crippen molar-refractivity contribution in [2.24, 2.45) is 0 Å². The molecule has 0 saturated carbocycles. The second-order valence-corrected chi connectivity index (χ2v) is 25.4. The molecule has 44 heavy (non-hydrogen) atoms. The van der Waals surface area contributed by atoms with E-state index in [0.717, 1.165) is 44.5 Å². The van der Waals surface area contributed by atoms with Gasteiger partial charge in [-0.2, -0.15) is 0 Å². The van der Waals surface area contributed by atoms with Crippen molar-refractivity contribution >= 4 is 62.6 Å². The lowest BCUT2D eigenvalue weighted by Crippen LogP contribution is -2.53. The summed E-state index contributed by atoms with van der Waals surface area (Å²) in [5.41, 5.74) is 14.5. The van der Waals surface area contributed by atoms with Gasteiger partial charge in [-0.05, 0) is 68.8 Å². The van der Waals surface area contributed by atoms with Crippen molar-refractivity contribution in [3.63, 3.8) is 0 Å². The van der Waals surface area contributed by atoms with Gasteiger partial charge in [-0.25, -0.2) is 0 Å². The van der Waals surface area contributed by atoms with Crippen molar-refractivity contribution in [1.29, 1.82) is 0 Å². The average Bonchev–Trinajstić information content (AvgIpc) is 2.93. The Morgan fingerprint density at radius 3 is 0.932 bits per heavy atom. The molecule has 0 amide bonds. The molecular weight excluding hydrogens is 654 g/mol. The summed E-state index contributed by atoms with van der Waals surface area (Å²) in [6.07, 6.45) is 0. The van der Waals surface area contributed by atoms with Gasteiger partial charge in [0.25, 0.3) is 0 Å². The molecule has 220 valence electrons. The van der Waals surface area contributed by atoms with Gasteiger partial charge in [0.1, 0.15) is 16.1 Å². The molecule has 6 aliphatic carbocycles. The highest BCUT2D eigenvalue weighted by Gasteiger charge is 2.64. The van der Waals surface area contributed by atoms with E-state index in [4.69, 9.17) is 46.4 Å². The normalized spacial score (nSPS) is 24.0. The van der Waals surface area contributed by atoms with E-state index in [1.54, 1.807) is 0 Å². The fraction of sp³-hybridized carbons (Fsp3) is 0.263. The van der Waals surface area contributed by atoms with Gasteiger partial charge < -0.3 is 0 Å². The molecule has 0 N–H and O–H groups in total. The molecule has 4 aromatic carbocycles. The quantitative estimate of drug-likeness (QED) is 0.128. The summed E-state index contributed by atoms with van der Waals surface area (Å²) in [6, 6.07) is 25.0. The first-order chi connectivity index (χ1) is 20.7. The highest BCUT2D eigenvalue weighted by Crippen LogP contribution is 2.70. The largest absolute Gasteiger partial charge is 0.131 e. The lowest BCUT2D eigenvalue weighted by atomic mass is 9.43. The molecule has 0 spiro atoms. The molecule has 0 fully saturated rings. The van der Waals surface area contributed by atoms with Crippen LogP contribution in [0.1, 0.15) is 56.3 Å². The van der Waals surface area contributed by atoms with E-state index < -0.39 is 27.0 Å². The van der Waals surface area contributed by atoms with Gasteiger partial charge in [-0.3, -0.25) is 0 Å². The number of hydrogen-bond donors (Lipinski definition) is 0. The van der Waals surface area contributed by atoms with Gasteiger partial charge in [0, 0.05) is 31.9 Å². The first-order valence-corrected chi connectivity index (χ1v) is 23.5. The van der Waals surface area contributed by atoms with Crippen LogP contribution in [0, 0.1) is 22.9 Å². The first kappa shape index (κ1) is 30.3. The maximum atomic E-state index is 7.36. The molecule has 0 aromatic heterocycles. The van der Waals surface area contributed by atoms with Gasteiger partial charge in [0.05, 0.1) is 10.8 Å². The fourth-order valence-electron chi connectivity index (χ4n) is 7.75. The Labute approximate surface area is 283 Å². The Morgan fingerprint density at radius 1 is 0.455 bits per heavy atom. The second-order valence-electron chi connectivity index (χ2n) is 14.3. The standard InChI is InChI=1S/C38H32Cl4Si2/c1-43(2,3)21-19-37-23-11-7-15-27(39)31(23)36(32-24(37)12-8-16-28(32)40)38(20-22-44(4,5)6)25-13-9-17-29(41)33(25)35(37)34-26(38)14-10-18-30(34)42/h7-18,35-36H,1-6H3. The molecule has 0 saturated heterocycles. The van der Waals surface area contributed by atoms with Gasteiger partial charge in [-0.15, -0.1) is 11.1 Å². The smallest absolute Gasteiger partial charge is 0.129 e. The predicted octanol–water partition coefficient (Wildman–Crippen LogP) is 11.2. The van der Waals surface area contributed by atoms with Gasteiger partial charge in [-0.1, -0.05) is 146 Å². The Bertz CT molecular complexity index is 1770. The average molecular weight is 687 g/mol. The number of hydrogen-bond acceptors (Lipinski definition) is 0. The molecule has 0 radical (unpaired) electrons. The molecule has 4 aromatic rings. The lowest BCUT2D eigenvalue weighted by Gasteiger charge is -2.58. The van der Waals surface area contributed by atoms with Gasteiger partial charge >= 0.3 is 0 Å². The Hall–Kier alpha value is -2.41. The van der Waals surface area contributed by atoms with Crippen molar-refractivity contribution < 1.29 is 0 Å². The van der Waals surface area contributed by atoms with Crippen molar-refractivity contribution in [3.8, 4) is 22.9 Å². The number of rotatable bonds is 0. The third kappa shape index (κ3) is 4.12. The Morgan fingerprint density at radius 2 is 0.705 bits per heavy atom. The van der Waals surface area contributed by atoms with E-state index >= 15 is 0 Å². The molecular formula is C38H32Cl4Si2. The molecule has 0 aliphatic heterocycles. The summed E-state index contributed by atoms with van der Waals surface area (Å²) in [5, 5.41) is 2.80. The van der Waals surface area contributed by atoms with E-state index in [-0.39, 0.29) is 11.8 Å². The highest BCUT2D eigenvalue weighted by molar-refractivity contribution is 6.84. The maximum Gasteiger partial charge on any atom is 0.129 e. The van der Waals surface area contributed by atoms with Gasteiger partial charge in [0.15, 0.2) is 0 Å². The van der Waals surface area contributed by atoms with Crippen molar-refractivity contribution in [1.82, 2.24) is 0 Å². The number of benzene rings is 4. The van der Waals surface area contributed by atoms with Crippen molar-refractivity contribution in [2.75, 3.05) is 0 Å². The zero-order valence-electron chi connectivity index (χ0n) is 25.6. The summed E-state index contributed by atoms with van der Waals surface area (Å²) < 4.78 is 0. The predicted molar refractivity (Wildman–Crippen MR) is 193 cm³/mol. The SMILES string of the molecule is C[Si](C)(C)C#CC12c3cccc(Cl)c3C(c3c(Cl)cccc31)C1(C#C[Si](C)(C)C)c3cccc(Cl)c3C2c2c(Cl)cccc21. The Balaban J connectivity index is 1.85. The summed E-state index contributed by atoms with van der Waals surface area (Å²) >= 11 is 29.5. The molecule has 6 aliphatic rings. The van der Waals surface area contributed by atoms with Crippen LogP contribution < -0.4 is 0 Å². The summed E-state index contributed by atoms with van der Waals surface area (Å²) in [6.45, 7) is 13.7. The van der Waals surface area contributed by atoms with Gasteiger partial charge in [0.2, 0.25) is 0 Å². The molecule has 0 heterocycles. The van der Waals surface area contributed by atoms with Crippen LogP contribution in [-0.2, 0) is 10.8 Å². The summed E-state index contributed by atoms with van der Waals surface area (Å²) in [4.78, 5) is 0. The molecule has 0 unspecified atom stereocenters. The van der Waals surface area contributed by atoms with E-state index in [2.05, 4.69) is 111 Å². The second kappa shape index (κ2) is 10.0. The first-order valence-electron chi connectivity index (χ1n) is 15.0. The molecule has 0 nitrogen and oxygen atoms in total. The fourth-order valence-corrected chi connectivity index (χ4v) is 10.0. The topological polar surface area (TPSA) is 0 Å². The minimum Gasteiger partial charge on any atom is -0.131 e. The van der Waals surface area contributed by atoms with Crippen LogP contribution in [0.3, 0.4) is 0 Å². The van der Waals surface area contributed by atoms with Crippen LogP contribution in [-0.4, -0.2) is 16.1 Å².